The fraction of sp³-hybridized carbons (Fsp3) is 0.455. The molecule has 0 atom stereocenters. The molecule has 0 bridgehead atoms. The number of hydrogen-bond donors (Lipinski definition) is 0. The van der Waals surface area contributed by atoms with Gasteiger partial charge in [0.15, 0.2) is 6.71 Å². The van der Waals surface area contributed by atoms with Crippen LogP contribution in [0.25, 0.3) is 11.0 Å². The number of alkyl halides is 3. The summed E-state index contributed by atoms with van der Waals surface area (Å²) in [7, 11) is 1.43. The first-order chi connectivity index (χ1) is 9.81. The van der Waals surface area contributed by atoms with Gasteiger partial charge in [-0.2, -0.15) is 21.9 Å². The third-order valence-electron chi connectivity index (χ3n) is 3.20. The topological polar surface area (TPSA) is 44.2 Å². The minimum absolute atomic E-state index is 0.102. The van der Waals surface area contributed by atoms with Crippen LogP contribution < -0.4 is 10.9 Å². The molecule has 0 N–H and O–H groups in total. The summed E-state index contributed by atoms with van der Waals surface area (Å²) in [6.07, 6.45) is -4.52. The zero-order chi connectivity index (χ0) is 15.8. The molecule has 1 aromatic carbocycles. The summed E-state index contributed by atoms with van der Waals surface area (Å²) in [6.45, 7) is 3.53. The summed E-state index contributed by atoms with van der Waals surface area (Å²) >= 11 is 0.878. The summed E-state index contributed by atoms with van der Waals surface area (Å²) in [5, 5.41) is 0. The van der Waals surface area contributed by atoms with Gasteiger partial charge in [0.25, 0.3) is 0 Å². The molecule has 0 amide bonds. The van der Waals surface area contributed by atoms with Crippen molar-refractivity contribution in [1.82, 2.24) is 8.75 Å². The van der Waals surface area contributed by atoms with Crippen molar-refractivity contribution in [3.8, 4) is 0 Å². The zero-order valence-electron chi connectivity index (χ0n) is 12.0. The van der Waals surface area contributed by atoms with Gasteiger partial charge in [0.1, 0.15) is 5.52 Å². The van der Waals surface area contributed by atoms with E-state index in [9.17, 15) is 13.2 Å². The van der Waals surface area contributed by atoms with Crippen LogP contribution in [0, 0.1) is 0 Å². The van der Waals surface area contributed by atoms with Crippen LogP contribution in [0.4, 0.5) is 13.2 Å². The van der Waals surface area contributed by atoms with Crippen molar-refractivity contribution >= 4 is 47.5 Å². The first-order valence-corrected chi connectivity index (χ1v) is 6.96. The number of aromatic nitrogens is 2. The van der Waals surface area contributed by atoms with E-state index in [0.717, 1.165) is 17.8 Å². The van der Waals surface area contributed by atoms with Gasteiger partial charge in [0, 0.05) is 19.7 Å². The smallest absolute Gasteiger partial charge is 0.410 e. The molecular weight excluding hydrogens is 303 g/mol. The lowest BCUT2D eigenvalue weighted by Gasteiger charge is -2.18. The molecule has 0 saturated carbocycles. The highest BCUT2D eigenvalue weighted by Gasteiger charge is 2.40. The molecular formula is C11H13B2F3N2O2S. The summed E-state index contributed by atoms with van der Waals surface area (Å²) in [4.78, 5) is 0. The molecule has 10 heteroatoms. The molecule has 0 aliphatic rings. The quantitative estimate of drug-likeness (QED) is 0.805. The Morgan fingerprint density at radius 2 is 1.67 bits per heavy atom. The van der Waals surface area contributed by atoms with Gasteiger partial charge in [-0.25, -0.2) is 0 Å². The largest absolute Gasteiger partial charge is 0.496 e. The molecule has 0 unspecified atom stereocenters. The lowest BCUT2D eigenvalue weighted by Crippen LogP contribution is -2.42. The van der Waals surface area contributed by atoms with Gasteiger partial charge in [-0.15, -0.1) is 0 Å². The van der Waals surface area contributed by atoms with E-state index in [4.69, 9.17) is 9.31 Å². The van der Waals surface area contributed by atoms with Crippen molar-refractivity contribution in [2.24, 2.45) is 0 Å². The number of rotatable bonds is 4. The zero-order valence-corrected chi connectivity index (χ0v) is 12.8. The van der Waals surface area contributed by atoms with E-state index in [0.29, 0.717) is 11.0 Å². The predicted molar refractivity (Wildman–Crippen MR) is 78.9 cm³/mol. The first kappa shape index (κ1) is 16.3. The maximum atomic E-state index is 13.4. The van der Waals surface area contributed by atoms with E-state index in [1.807, 2.05) is 13.6 Å². The molecule has 21 heavy (non-hydrogen) atoms. The number of nitrogens with zero attached hydrogens (tertiary/aromatic N) is 2. The van der Waals surface area contributed by atoms with Crippen LogP contribution in [0.1, 0.15) is 5.56 Å². The van der Waals surface area contributed by atoms with Crippen molar-refractivity contribution in [3.05, 3.63) is 11.6 Å². The van der Waals surface area contributed by atoms with Gasteiger partial charge in [-0.1, -0.05) is 25.2 Å². The summed E-state index contributed by atoms with van der Waals surface area (Å²) in [5.41, 5.74) is 0.255. The molecule has 1 aromatic heterocycles. The average molecular weight is 316 g/mol. The van der Waals surface area contributed by atoms with Crippen molar-refractivity contribution < 1.29 is 22.5 Å². The highest BCUT2D eigenvalue weighted by Crippen LogP contribution is 2.30. The van der Waals surface area contributed by atoms with E-state index < -0.39 is 18.9 Å². The van der Waals surface area contributed by atoms with Crippen LogP contribution in [0.15, 0.2) is 6.07 Å². The lowest BCUT2D eigenvalue weighted by molar-refractivity contribution is -0.136. The van der Waals surface area contributed by atoms with E-state index in [2.05, 4.69) is 8.75 Å². The third kappa shape index (κ3) is 2.93. The molecule has 0 spiro atoms. The summed E-state index contributed by atoms with van der Waals surface area (Å²) in [5.74, 6) is 0. The van der Waals surface area contributed by atoms with Crippen molar-refractivity contribution in [2.45, 2.75) is 19.8 Å². The second-order valence-corrected chi connectivity index (χ2v) is 5.37. The molecule has 0 saturated heterocycles. The van der Waals surface area contributed by atoms with Crippen LogP contribution in [0.5, 0.6) is 0 Å². The fourth-order valence-corrected chi connectivity index (χ4v) is 2.81. The Morgan fingerprint density at radius 1 is 1.10 bits per heavy atom. The van der Waals surface area contributed by atoms with Crippen LogP contribution in [-0.4, -0.2) is 36.8 Å². The molecule has 1 heterocycles. The molecule has 4 nitrogen and oxygen atoms in total. The Labute approximate surface area is 125 Å². The maximum Gasteiger partial charge on any atom is 0.496 e. The Balaban J connectivity index is 2.86. The van der Waals surface area contributed by atoms with Gasteiger partial charge in [-0.05, 0) is 0 Å². The SMILES string of the molecule is COB(OC)c1c(C(F)(F)F)cc(B(C)C)c2nsnc12. The van der Waals surface area contributed by atoms with Crippen LogP contribution in [0.2, 0.25) is 13.6 Å². The third-order valence-corrected chi connectivity index (χ3v) is 3.73. The standard InChI is InChI=1S/C11H13B2F3N2O2S/c1-12(2)7-5-6(11(14,15)16)8(13(19-3)20-4)10-9(7)17-21-18-10/h5H,1-4H3. The molecule has 112 valence electrons. The molecule has 0 aliphatic heterocycles. The van der Waals surface area contributed by atoms with Crippen LogP contribution in [-0.2, 0) is 15.5 Å². The van der Waals surface area contributed by atoms with Crippen molar-refractivity contribution in [1.29, 1.82) is 0 Å². The highest BCUT2D eigenvalue weighted by molar-refractivity contribution is 7.00. The maximum absolute atomic E-state index is 13.4. The number of halogens is 3. The second kappa shape index (κ2) is 5.94. The van der Waals surface area contributed by atoms with E-state index in [1.54, 1.807) is 0 Å². The van der Waals surface area contributed by atoms with Gasteiger partial charge >= 0.3 is 13.3 Å². The minimum atomic E-state index is -4.52. The average Bonchev–Trinajstić information content (AvgIpc) is 2.87. The highest BCUT2D eigenvalue weighted by atomic mass is 32.1. The van der Waals surface area contributed by atoms with Crippen LogP contribution in [0.3, 0.4) is 0 Å². The van der Waals surface area contributed by atoms with Gasteiger partial charge in [-0.3, -0.25) is 0 Å². The van der Waals surface area contributed by atoms with E-state index in [-0.39, 0.29) is 17.7 Å². The minimum Gasteiger partial charge on any atom is -0.410 e. The Morgan fingerprint density at radius 3 is 2.14 bits per heavy atom. The van der Waals surface area contributed by atoms with Crippen LogP contribution >= 0.6 is 11.7 Å². The molecule has 2 aromatic rings. The predicted octanol–water partition coefficient (Wildman–Crippen LogP) is 1.66. The molecule has 0 radical (unpaired) electrons. The van der Waals surface area contributed by atoms with E-state index >= 15 is 0 Å². The summed E-state index contributed by atoms with van der Waals surface area (Å²) < 4.78 is 58.4. The van der Waals surface area contributed by atoms with E-state index in [1.165, 1.54) is 14.2 Å². The molecule has 0 aliphatic carbocycles. The second-order valence-electron chi connectivity index (χ2n) is 4.84. The number of hydrogen-bond acceptors (Lipinski definition) is 5. The molecule has 0 fully saturated rings. The van der Waals surface area contributed by atoms with Gasteiger partial charge in [0.05, 0.1) is 22.8 Å². The Hall–Kier alpha value is -1.12. The normalized spacial score (nSPS) is 12.0. The monoisotopic (exact) mass is 316 g/mol. The van der Waals surface area contributed by atoms with Crippen molar-refractivity contribution in [2.75, 3.05) is 14.2 Å². The number of fused-ring (bicyclic) bond motifs is 1. The Bertz CT molecular complexity index is 644. The number of benzene rings is 1. The Kier molecular flexibility index (Phi) is 4.60. The van der Waals surface area contributed by atoms with Gasteiger partial charge in [0.2, 0.25) is 0 Å². The molecule has 2 rings (SSSR count). The summed E-state index contributed by atoms with van der Waals surface area (Å²) in [6, 6.07) is 1.12. The fourth-order valence-electron chi connectivity index (χ4n) is 2.23. The lowest BCUT2D eigenvalue weighted by atomic mass is 9.48. The van der Waals surface area contributed by atoms with Crippen molar-refractivity contribution in [3.63, 3.8) is 0 Å². The van der Waals surface area contributed by atoms with Gasteiger partial charge < -0.3 is 9.31 Å². The first-order valence-electron chi connectivity index (χ1n) is 6.23.